The molecule has 0 aliphatic rings. The molecule has 218 valence electrons. The zero-order valence-electron chi connectivity index (χ0n) is 22.9. The molecule has 0 spiro atoms. The fourth-order valence-electron chi connectivity index (χ4n) is 4.70. The minimum atomic E-state index is -0.527. The Hall–Kier alpha value is -4.26. The summed E-state index contributed by atoms with van der Waals surface area (Å²) < 4.78 is 16.2. The lowest BCUT2D eigenvalue weighted by atomic mass is 10.0. The van der Waals surface area contributed by atoms with Crippen molar-refractivity contribution in [2.24, 2.45) is 16.5 Å². The van der Waals surface area contributed by atoms with Gasteiger partial charge in [0.15, 0.2) is 16.9 Å². The predicted octanol–water partition coefficient (Wildman–Crippen LogP) is 4.73. The van der Waals surface area contributed by atoms with E-state index >= 15 is 0 Å². The van der Waals surface area contributed by atoms with Gasteiger partial charge in [-0.2, -0.15) is 4.98 Å². The molecule has 3 heterocycles. The van der Waals surface area contributed by atoms with Crippen LogP contribution in [-0.2, 0) is 0 Å². The number of guanidine groups is 1. The third kappa shape index (κ3) is 6.96. The van der Waals surface area contributed by atoms with Crippen LogP contribution in [0.2, 0.25) is 5.02 Å². The number of hydrogen-bond acceptors (Lipinski definition) is 7. The van der Waals surface area contributed by atoms with Gasteiger partial charge < -0.3 is 27.1 Å². The predicted molar refractivity (Wildman–Crippen MR) is 168 cm³/mol. The van der Waals surface area contributed by atoms with Gasteiger partial charge in [-0.25, -0.2) is 14.2 Å². The molecule has 1 atom stereocenters. The molecule has 0 radical (unpaired) electrons. The summed E-state index contributed by atoms with van der Waals surface area (Å²) in [5.41, 5.74) is 14.2. The number of halogens is 2. The molecule has 0 fully saturated rings. The van der Waals surface area contributed by atoms with Gasteiger partial charge in [0.25, 0.3) is 0 Å². The van der Waals surface area contributed by atoms with Crippen molar-refractivity contribution < 1.29 is 4.39 Å². The third-order valence-corrected chi connectivity index (χ3v) is 7.71. The smallest absolute Gasteiger partial charge is 0.354 e. The van der Waals surface area contributed by atoms with E-state index in [0.717, 1.165) is 42.2 Å². The molecule has 5 rings (SSSR count). The number of thiazole rings is 1. The number of aromatic amines is 1. The third-order valence-electron chi connectivity index (χ3n) is 6.71. The summed E-state index contributed by atoms with van der Waals surface area (Å²) in [5.74, 6) is -0.443. The van der Waals surface area contributed by atoms with E-state index in [9.17, 15) is 9.18 Å². The van der Waals surface area contributed by atoms with Crippen LogP contribution < -0.4 is 27.8 Å². The highest BCUT2D eigenvalue weighted by Gasteiger charge is 2.15. The van der Waals surface area contributed by atoms with Gasteiger partial charge in [0.2, 0.25) is 0 Å². The fourth-order valence-corrected chi connectivity index (χ4v) is 5.53. The van der Waals surface area contributed by atoms with Gasteiger partial charge in [-0.15, -0.1) is 11.3 Å². The Bertz CT molecular complexity index is 1750. The number of fused-ring (bicyclic) bond motifs is 1. The lowest BCUT2D eigenvalue weighted by Gasteiger charge is -2.20. The molecule has 42 heavy (non-hydrogen) atoms. The normalized spacial score (nSPS) is 12.0. The lowest BCUT2D eigenvalue weighted by molar-refractivity contribution is 0.505. The molecule has 1 unspecified atom stereocenters. The van der Waals surface area contributed by atoms with E-state index in [-0.39, 0.29) is 17.0 Å². The molecule has 0 saturated carbocycles. The number of aryl methyl sites for hydroxylation is 1. The molecular weight excluding hydrogens is 577 g/mol. The van der Waals surface area contributed by atoms with E-state index in [0.29, 0.717) is 34.5 Å². The second kappa shape index (κ2) is 13.1. The maximum atomic E-state index is 14.8. The van der Waals surface area contributed by atoms with Crippen molar-refractivity contribution in [3.05, 3.63) is 92.7 Å². The highest BCUT2D eigenvalue weighted by molar-refractivity contribution is 7.13. The zero-order chi connectivity index (χ0) is 29.6. The molecule has 0 bridgehead atoms. The molecule has 3 aromatic heterocycles. The Kier molecular flexibility index (Phi) is 9.15. The number of anilines is 1. The summed E-state index contributed by atoms with van der Waals surface area (Å²) >= 11 is 7.61. The van der Waals surface area contributed by atoms with Crippen molar-refractivity contribution in [1.82, 2.24) is 24.8 Å². The first-order valence-corrected chi connectivity index (χ1v) is 14.6. The van der Waals surface area contributed by atoms with E-state index in [1.807, 2.05) is 36.6 Å². The number of hydrogen-bond donors (Lipinski definition) is 5. The minimum absolute atomic E-state index is 0.0387. The number of aliphatic imine (C=N–C) groups is 1. The van der Waals surface area contributed by atoms with Crippen molar-refractivity contribution in [3.8, 4) is 16.9 Å². The SMILES string of the molecule is Cc1cc(Cl)c(F)c(-c2cc3cn(-c4ccc(C(CCNc5nccs5)NCCCN=C(N)N)cc4)c(=O)nc3[nH]2)c1. The molecule has 0 amide bonds. The van der Waals surface area contributed by atoms with E-state index in [4.69, 9.17) is 23.1 Å². The Morgan fingerprint density at radius 2 is 2.02 bits per heavy atom. The lowest BCUT2D eigenvalue weighted by Crippen LogP contribution is -2.26. The molecule has 0 aliphatic carbocycles. The molecular formula is C29H31ClFN9OS. The molecule has 10 nitrogen and oxygen atoms in total. The van der Waals surface area contributed by atoms with Crippen molar-refractivity contribution in [2.75, 3.05) is 25.0 Å². The number of aromatic nitrogens is 4. The molecule has 0 saturated heterocycles. The maximum Gasteiger partial charge on any atom is 0.354 e. The van der Waals surface area contributed by atoms with Crippen LogP contribution in [0.5, 0.6) is 0 Å². The standard InChI is InChI=1S/C29H31ClFN9OS/c1-17-13-21(25(31)22(30)14-17)24-15-19-16-40(29(41)39-26(19)38-24)20-5-3-18(4-6-20)23(34-8-2-9-35-27(32)33)7-10-36-28-37-11-12-42-28/h3-6,11-16,23,34H,2,7-10H2,1H3,(H,36,37)(H4,32,33,35)(H,38,39,41). The van der Waals surface area contributed by atoms with Gasteiger partial charge in [0.05, 0.1) is 16.4 Å². The number of nitrogens with zero attached hydrogens (tertiary/aromatic N) is 4. The van der Waals surface area contributed by atoms with Crippen LogP contribution >= 0.6 is 22.9 Å². The molecule has 13 heteroatoms. The van der Waals surface area contributed by atoms with E-state index < -0.39 is 11.5 Å². The van der Waals surface area contributed by atoms with Crippen molar-refractivity contribution >= 4 is 45.1 Å². The zero-order valence-corrected chi connectivity index (χ0v) is 24.5. The first-order chi connectivity index (χ1) is 20.3. The van der Waals surface area contributed by atoms with Gasteiger partial charge in [-0.05, 0) is 67.8 Å². The number of rotatable bonds is 12. The molecule has 5 aromatic rings. The second-order valence-corrected chi connectivity index (χ2v) is 11.1. The average Bonchev–Trinajstić information content (AvgIpc) is 3.63. The minimum Gasteiger partial charge on any atom is -0.370 e. The van der Waals surface area contributed by atoms with Crippen LogP contribution in [-0.4, -0.2) is 45.1 Å². The van der Waals surface area contributed by atoms with Crippen LogP contribution in [0.3, 0.4) is 0 Å². The summed E-state index contributed by atoms with van der Waals surface area (Å²) in [6.07, 6.45) is 5.06. The van der Waals surface area contributed by atoms with Crippen LogP contribution in [0.4, 0.5) is 9.52 Å². The summed E-state index contributed by atoms with van der Waals surface area (Å²) in [6, 6.07) is 12.9. The van der Waals surface area contributed by atoms with Gasteiger partial charge in [0.1, 0.15) is 5.65 Å². The number of benzene rings is 2. The van der Waals surface area contributed by atoms with Crippen molar-refractivity contribution in [3.63, 3.8) is 0 Å². The first-order valence-electron chi connectivity index (χ1n) is 13.4. The van der Waals surface area contributed by atoms with Gasteiger partial charge in [0, 0.05) is 47.9 Å². The van der Waals surface area contributed by atoms with Crippen LogP contribution in [0.15, 0.2) is 70.0 Å². The van der Waals surface area contributed by atoms with Gasteiger partial charge in [-0.1, -0.05) is 23.7 Å². The highest BCUT2D eigenvalue weighted by atomic mass is 35.5. The van der Waals surface area contributed by atoms with Crippen LogP contribution in [0.25, 0.3) is 28.0 Å². The highest BCUT2D eigenvalue weighted by Crippen LogP contribution is 2.30. The summed E-state index contributed by atoms with van der Waals surface area (Å²) in [6.45, 7) is 3.83. The topological polar surface area (TPSA) is 152 Å². The Morgan fingerprint density at radius 1 is 1.21 bits per heavy atom. The average molecular weight is 608 g/mol. The molecule has 2 aromatic carbocycles. The monoisotopic (exact) mass is 607 g/mol. The largest absolute Gasteiger partial charge is 0.370 e. The number of nitrogens with two attached hydrogens (primary N) is 2. The Morgan fingerprint density at radius 3 is 2.76 bits per heavy atom. The Labute approximate surface area is 250 Å². The van der Waals surface area contributed by atoms with E-state index in [1.54, 1.807) is 41.9 Å². The summed E-state index contributed by atoms with van der Waals surface area (Å²) in [5, 5.41) is 10.4. The number of H-pyrrole nitrogens is 1. The Balaban J connectivity index is 1.36. The summed E-state index contributed by atoms with van der Waals surface area (Å²) in [4.78, 5) is 28.5. The number of nitrogens with one attached hydrogen (secondary N) is 3. The van der Waals surface area contributed by atoms with Crippen LogP contribution in [0.1, 0.15) is 30.0 Å². The second-order valence-electron chi connectivity index (χ2n) is 9.80. The van der Waals surface area contributed by atoms with Gasteiger partial charge in [-0.3, -0.25) is 9.56 Å². The van der Waals surface area contributed by atoms with E-state index in [1.165, 1.54) is 4.57 Å². The fraction of sp³-hybridized carbons (Fsp3) is 0.241. The van der Waals surface area contributed by atoms with Gasteiger partial charge >= 0.3 is 5.69 Å². The van der Waals surface area contributed by atoms with Crippen molar-refractivity contribution in [1.29, 1.82) is 0 Å². The molecule has 0 aliphatic heterocycles. The maximum absolute atomic E-state index is 14.8. The first kappa shape index (κ1) is 29.2. The summed E-state index contributed by atoms with van der Waals surface area (Å²) in [7, 11) is 0. The van der Waals surface area contributed by atoms with Crippen LogP contribution in [0, 0.1) is 12.7 Å². The van der Waals surface area contributed by atoms with E-state index in [2.05, 4.69) is 30.6 Å². The van der Waals surface area contributed by atoms with Crippen molar-refractivity contribution in [2.45, 2.75) is 25.8 Å². The quantitative estimate of drug-likeness (QED) is 0.0780. The molecule has 7 N–H and O–H groups in total.